The van der Waals surface area contributed by atoms with Crippen LogP contribution in [0.5, 0.6) is 0 Å². The lowest BCUT2D eigenvalue weighted by atomic mass is 10.3. The van der Waals surface area contributed by atoms with Gasteiger partial charge in [0.15, 0.2) is 5.55 Å². The summed E-state index contributed by atoms with van der Waals surface area (Å²) in [4.78, 5) is 0. The van der Waals surface area contributed by atoms with Gasteiger partial charge in [0.25, 0.3) is 0 Å². The third-order valence-corrected chi connectivity index (χ3v) is 13.6. The van der Waals surface area contributed by atoms with Crippen LogP contribution in [0.25, 0.3) is 0 Å². The fourth-order valence-electron chi connectivity index (χ4n) is 0.847. The van der Waals surface area contributed by atoms with Gasteiger partial charge in [0.2, 0.25) is 0 Å². The zero-order valence-electron chi connectivity index (χ0n) is 10.0. The first-order chi connectivity index (χ1) is 6.37. The quantitative estimate of drug-likeness (QED) is 0.601. The van der Waals surface area contributed by atoms with Crippen molar-refractivity contribution in [1.29, 1.82) is 0 Å². The van der Waals surface area contributed by atoms with Crippen molar-refractivity contribution < 1.29 is 4.57 Å². The van der Waals surface area contributed by atoms with Gasteiger partial charge in [0.05, 0.1) is 0 Å². The standard InChI is InChI=1S/C10H23OPS2/c1-6-8-13-12(11,10(3,4)5)14-9-7-2/h6-9H2,1-5H3. The summed E-state index contributed by atoms with van der Waals surface area (Å²) < 4.78 is 12.7. The molecule has 0 aliphatic carbocycles. The summed E-state index contributed by atoms with van der Waals surface area (Å²) in [5.41, 5.74) is -2.10. The van der Waals surface area contributed by atoms with Gasteiger partial charge in [-0.15, -0.1) is 0 Å². The van der Waals surface area contributed by atoms with E-state index in [9.17, 15) is 4.57 Å². The third-order valence-electron chi connectivity index (χ3n) is 1.75. The molecule has 0 fully saturated rings. The molecule has 0 atom stereocenters. The number of rotatable bonds is 6. The smallest absolute Gasteiger partial charge is 0.196 e. The molecule has 4 heteroatoms. The van der Waals surface area contributed by atoms with Crippen molar-refractivity contribution in [1.82, 2.24) is 0 Å². The Morgan fingerprint density at radius 3 is 1.57 bits per heavy atom. The molecule has 14 heavy (non-hydrogen) atoms. The molecule has 0 aromatic heterocycles. The molecule has 0 aliphatic rings. The molecule has 0 aliphatic heterocycles. The molecule has 0 radical (unpaired) electrons. The molecular formula is C10H23OPS2. The molecular weight excluding hydrogens is 231 g/mol. The number of hydrogen-bond acceptors (Lipinski definition) is 3. The van der Waals surface area contributed by atoms with Gasteiger partial charge in [-0.25, -0.2) is 0 Å². The Labute approximate surface area is 97.1 Å². The van der Waals surface area contributed by atoms with Gasteiger partial charge in [-0.3, -0.25) is 4.57 Å². The Bertz CT molecular complexity index is 187. The second-order valence-corrected chi connectivity index (χ2v) is 13.3. The van der Waals surface area contributed by atoms with Crippen molar-refractivity contribution in [2.75, 3.05) is 11.5 Å². The minimum atomic E-state index is -2.10. The van der Waals surface area contributed by atoms with E-state index in [4.69, 9.17) is 0 Å². The maximum absolute atomic E-state index is 12.7. The van der Waals surface area contributed by atoms with Crippen LogP contribution in [0, 0.1) is 0 Å². The molecule has 0 saturated carbocycles. The largest absolute Gasteiger partial charge is 0.300 e. The highest BCUT2D eigenvalue weighted by Crippen LogP contribution is 2.76. The normalized spacial score (nSPS) is 13.2. The average Bonchev–Trinajstić information content (AvgIpc) is 2.09. The van der Waals surface area contributed by atoms with Crippen LogP contribution in [0.3, 0.4) is 0 Å². The molecule has 0 bridgehead atoms. The van der Waals surface area contributed by atoms with E-state index in [-0.39, 0.29) is 5.16 Å². The summed E-state index contributed by atoms with van der Waals surface area (Å²) >= 11 is 3.38. The molecule has 0 rings (SSSR count). The summed E-state index contributed by atoms with van der Waals surface area (Å²) in [5.74, 6) is 2.04. The third kappa shape index (κ3) is 4.63. The Morgan fingerprint density at radius 1 is 1.00 bits per heavy atom. The molecule has 86 valence electrons. The van der Waals surface area contributed by atoms with Crippen LogP contribution >= 0.6 is 28.3 Å². The van der Waals surface area contributed by atoms with Crippen LogP contribution < -0.4 is 0 Å². The van der Waals surface area contributed by atoms with E-state index in [1.54, 1.807) is 22.8 Å². The predicted octanol–water partition coefficient (Wildman–Crippen LogP) is 5.26. The fourth-order valence-corrected chi connectivity index (χ4v) is 9.64. The maximum atomic E-state index is 12.7. The van der Waals surface area contributed by atoms with Gasteiger partial charge in [-0.1, -0.05) is 57.4 Å². The van der Waals surface area contributed by atoms with Crippen molar-refractivity contribution in [3.05, 3.63) is 0 Å². The van der Waals surface area contributed by atoms with Crippen LogP contribution in [-0.2, 0) is 4.57 Å². The van der Waals surface area contributed by atoms with Crippen molar-refractivity contribution in [3.8, 4) is 0 Å². The topological polar surface area (TPSA) is 17.1 Å². The fraction of sp³-hybridized carbons (Fsp3) is 1.00. The molecule has 0 amide bonds. The first kappa shape index (κ1) is 14.9. The minimum absolute atomic E-state index is 0.0628. The predicted molar refractivity (Wildman–Crippen MR) is 72.9 cm³/mol. The molecule has 1 nitrogen and oxygen atoms in total. The zero-order chi connectivity index (χ0) is 11.2. The van der Waals surface area contributed by atoms with Gasteiger partial charge in [-0.05, 0) is 12.8 Å². The molecule has 0 aromatic carbocycles. The van der Waals surface area contributed by atoms with E-state index in [2.05, 4.69) is 34.6 Å². The summed E-state index contributed by atoms with van der Waals surface area (Å²) in [5, 5.41) is -0.0628. The van der Waals surface area contributed by atoms with Crippen molar-refractivity contribution in [2.24, 2.45) is 0 Å². The van der Waals surface area contributed by atoms with E-state index < -0.39 is 5.55 Å². The molecule has 0 unspecified atom stereocenters. The van der Waals surface area contributed by atoms with Crippen molar-refractivity contribution in [2.45, 2.75) is 52.6 Å². The highest BCUT2D eigenvalue weighted by molar-refractivity contribution is 8.90. The van der Waals surface area contributed by atoms with Crippen LogP contribution in [0.15, 0.2) is 0 Å². The second kappa shape index (κ2) is 6.50. The van der Waals surface area contributed by atoms with Crippen LogP contribution in [0.2, 0.25) is 0 Å². The van der Waals surface area contributed by atoms with E-state index in [1.807, 2.05) is 0 Å². The molecule has 0 spiro atoms. The summed E-state index contributed by atoms with van der Waals surface area (Å²) in [6.07, 6.45) is 2.22. The molecule has 0 saturated heterocycles. The van der Waals surface area contributed by atoms with Gasteiger partial charge >= 0.3 is 0 Å². The Morgan fingerprint density at radius 2 is 1.36 bits per heavy atom. The maximum Gasteiger partial charge on any atom is 0.196 e. The lowest BCUT2D eigenvalue weighted by Gasteiger charge is -2.29. The highest BCUT2D eigenvalue weighted by Gasteiger charge is 2.36. The second-order valence-electron chi connectivity index (χ2n) is 4.33. The first-order valence-corrected chi connectivity index (χ1v) is 10.2. The lowest BCUT2D eigenvalue weighted by molar-refractivity contribution is 0.572. The van der Waals surface area contributed by atoms with Gasteiger partial charge in [0.1, 0.15) is 0 Å². The van der Waals surface area contributed by atoms with Crippen LogP contribution in [0.1, 0.15) is 47.5 Å². The molecule has 0 heterocycles. The van der Waals surface area contributed by atoms with Gasteiger partial charge in [0, 0.05) is 16.7 Å². The Balaban J connectivity index is 4.43. The number of hydrogen-bond donors (Lipinski definition) is 0. The summed E-state index contributed by atoms with van der Waals surface area (Å²) in [6.45, 7) is 10.6. The average molecular weight is 254 g/mol. The molecule has 0 aromatic rings. The van der Waals surface area contributed by atoms with Crippen molar-refractivity contribution in [3.63, 3.8) is 0 Å². The minimum Gasteiger partial charge on any atom is -0.300 e. The van der Waals surface area contributed by atoms with Crippen LogP contribution in [0.4, 0.5) is 0 Å². The van der Waals surface area contributed by atoms with Crippen LogP contribution in [-0.4, -0.2) is 16.7 Å². The van der Waals surface area contributed by atoms with E-state index >= 15 is 0 Å². The Kier molecular flexibility index (Phi) is 6.93. The van der Waals surface area contributed by atoms with Gasteiger partial charge < -0.3 is 0 Å². The zero-order valence-corrected chi connectivity index (χ0v) is 12.5. The summed E-state index contributed by atoms with van der Waals surface area (Å²) in [7, 11) is 0. The van der Waals surface area contributed by atoms with Crippen molar-refractivity contribution >= 4 is 28.3 Å². The highest BCUT2D eigenvalue weighted by atomic mass is 33.1. The molecule has 0 N–H and O–H groups in total. The summed E-state index contributed by atoms with van der Waals surface area (Å²) in [6, 6.07) is 0. The van der Waals surface area contributed by atoms with E-state index in [1.165, 1.54) is 0 Å². The first-order valence-electron chi connectivity index (χ1n) is 5.26. The van der Waals surface area contributed by atoms with Gasteiger partial charge in [-0.2, -0.15) is 0 Å². The monoisotopic (exact) mass is 254 g/mol. The SMILES string of the molecule is CCCSP(=O)(SCCC)C(C)(C)C. The Hall–Kier alpha value is 0.930. The van der Waals surface area contributed by atoms with E-state index in [0.29, 0.717) is 0 Å². The lowest BCUT2D eigenvalue weighted by Crippen LogP contribution is -2.11. The van der Waals surface area contributed by atoms with E-state index in [0.717, 1.165) is 24.3 Å².